The van der Waals surface area contributed by atoms with Gasteiger partial charge in [-0.1, -0.05) is 0 Å². The fourth-order valence-electron chi connectivity index (χ4n) is 2.56. The van der Waals surface area contributed by atoms with Gasteiger partial charge in [-0.05, 0) is 51.0 Å². The van der Waals surface area contributed by atoms with Gasteiger partial charge in [-0.3, -0.25) is 9.59 Å². The van der Waals surface area contributed by atoms with E-state index in [9.17, 15) is 9.59 Å². The molecule has 1 aliphatic rings. The molecule has 20 heavy (non-hydrogen) atoms. The molecule has 2 amide bonds. The molecule has 0 aliphatic carbocycles. The Balaban J connectivity index is 2.13. The molecule has 4 nitrogen and oxygen atoms in total. The molecule has 1 saturated heterocycles. The van der Waals surface area contributed by atoms with Crippen molar-refractivity contribution in [3.8, 4) is 0 Å². The van der Waals surface area contributed by atoms with Crippen LogP contribution in [0.5, 0.6) is 0 Å². The molecule has 0 atom stereocenters. The van der Waals surface area contributed by atoms with Crippen molar-refractivity contribution >= 4 is 17.5 Å². The molecule has 1 aliphatic heterocycles. The molecule has 0 saturated carbocycles. The number of carbonyl (C=O) groups is 2. The van der Waals surface area contributed by atoms with E-state index in [-0.39, 0.29) is 11.8 Å². The number of piperidine rings is 1. The molecular formula is C16H22N2O2. The van der Waals surface area contributed by atoms with Crippen LogP contribution >= 0.6 is 0 Å². The highest BCUT2D eigenvalue weighted by atomic mass is 16.2. The van der Waals surface area contributed by atoms with E-state index >= 15 is 0 Å². The molecule has 4 heteroatoms. The molecule has 108 valence electrons. The predicted octanol–water partition coefficient (Wildman–Crippen LogP) is 2.69. The smallest absolute Gasteiger partial charge is 0.253 e. The van der Waals surface area contributed by atoms with Gasteiger partial charge in [0.1, 0.15) is 0 Å². The summed E-state index contributed by atoms with van der Waals surface area (Å²) in [4.78, 5) is 27.7. The molecule has 0 unspecified atom stereocenters. The lowest BCUT2D eigenvalue weighted by molar-refractivity contribution is -0.119. The van der Waals surface area contributed by atoms with E-state index in [1.807, 2.05) is 43.0 Å². The Hall–Kier alpha value is -1.84. The Labute approximate surface area is 120 Å². The van der Waals surface area contributed by atoms with Gasteiger partial charge in [-0.2, -0.15) is 0 Å². The van der Waals surface area contributed by atoms with Crippen LogP contribution in [-0.4, -0.2) is 36.3 Å². The summed E-state index contributed by atoms with van der Waals surface area (Å²) in [5, 5.41) is 0. The highest BCUT2D eigenvalue weighted by Crippen LogP contribution is 2.21. The van der Waals surface area contributed by atoms with Gasteiger partial charge in [0.05, 0.1) is 0 Å². The molecule has 1 aromatic rings. The number of benzene rings is 1. The Morgan fingerprint density at radius 1 is 1.15 bits per heavy atom. The molecule has 0 N–H and O–H groups in total. The van der Waals surface area contributed by atoms with Crippen molar-refractivity contribution in [2.24, 2.45) is 0 Å². The molecule has 0 aromatic heterocycles. The first kappa shape index (κ1) is 14.6. The predicted molar refractivity (Wildman–Crippen MR) is 79.9 cm³/mol. The second kappa shape index (κ2) is 6.55. The fraction of sp³-hybridized carbons (Fsp3) is 0.500. The quantitative estimate of drug-likeness (QED) is 0.847. The van der Waals surface area contributed by atoms with Crippen molar-refractivity contribution in [2.45, 2.75) is 33.1 Å². The third-order valence-electron chi connectivity index (χ3n) is 3.80. The fourth-order valence-corrected chi connectivity index (χ4v) is 2.56. The molecule has 0 spiro atoms. The van der Waals surface area contributed by atoms with Crippen LogP contribution in [-0.2, 0) is 4.79 Å². The van der Waals surface area contributed by atoms with Gasteiger partial charge >= 0.3 is 0 Å². The molecule has 0 radical (unpaired) electrons. The maximum Gasteiger partial charge on any atom is 0.253 e. The first-order valence-corrected chi connectivity index (χ1v) is 7.37. The third-order valence-corrected chi connectivity index (χ3v) is 3.80. The molecular weight excluding hydrogens is 252 g/mol. The van der Waals surface area contributed by atoms with E-state index < -0.39 is 0 Å². The number of rotatable bonds is 4. The van der Waals surface area contributed by atoms with Gasteiger partial charge in [0.25, 0.3) is 5.91 Å². The summed E-state index contributed by atoms with van der Waals surface area (Å²) >= 11 is 0. The maximum absolute atomic E-state index is 12.2. The van der Waals surface area contributed by atoms with Gasteiger partial charge in [0.15, 0.2) is 0 Å². The minimum Gasteiger partial charge on any atom is -0.339 e. The normalized spacial score (nSPS) is 15.3. The van der Waals surface area contributed by atoms with E-state index in [2.05, 4.69) is 0 Å². The van der Waals surface area contributed by atoms with E-state index in [0.29, 0.717) is 25.1 Å². The van der Waals surface area contributed by atoms with Gasteiger partial charge < -0.3 is 9.80 Å². The summed E-state index contributed by atoms with van der Waals surface area (Å²) in [6, 6.07) is 7.38. The molecule has 0 bridgehead atoms. The summed E-state index contributed by atoms with van der Waals surface area (Å²) in [6.45, 7) is 6.15. The van der Waals surface area contributed by atoms with Crippen LogP contribution in [0.3, 0.4) is 0 Å². The molecule has 1 fully saturated rings. The first-order chi connectivity index (χ1) is 9.67. The van der Waals surface area contributed by atoms with Crippen molar-refractivity contribution in [3.05, 3.63) is 29.8 Å². The van der Waals surface area contributed by atoms with Crippen LogP contribution in [0, 0.1) is 0 Å². The first-order valence-electron chi connectivity index (χ1n) is 7.37. The minimum atomic E-state index is 0.0477. The van der Waals surface area contributed by atoms with Crippen molar-refractivity contribution in [1.82, 2.24) is 4.90 Å². The number of hydrogen-bond donors (Lipinski definition) is 0. The number of carbonyl (C=O) groups excluding carboxylic acids is 2. The van der Waals surface area contributed by atoms with Crippen LogP contribution in [0.15, 0.2) is 24.3 Å². The third kappa shape index (κ3) is 3.00. The van der Waals surface area contributed by atoms with Crippen molar-refractivity contribution in [1.29, 1.82) is 0 Å². The Kier molecular flexibility index (Phi) is 4.77. The summed E-state index contributed by atoms with van der Waals surface area (Å²) in [7, 11) is 0. The van der Waals surface area contributed by atoms with Crippen LogP contribution in [0.25, 0.3) is 0 Å². The average molecular weight is 274 g/mol. The number of anilines is 1. The topological polar surface area (TPSA) is 40.6 Å². The Bertz CT molecular complexity index is 478. The van der Waals surface area contributed by atoms with Gasteiger partial charge in [-0.15, -0.1) is 0 Å². The lowest BCUT2D eigenvalue weighted by atomic mass is 10.1. The number of nitrogens with zero attached hydrogens (tertiary/aromatic N) is 2. The Morgan fingerprint density at radius 2 is 1.80 bits per heavy atom. The van der Waals surface area contributed by atoms with E-state index in [1.165, 1.54) is 0 Å². The zero-order valence-electron chi connectivity index (χ0n) is 12.3. The van der Waals surface area contributed by atoms with Gasteiger partial charge in [-0.25, -0.2) is 0 Å². The molecule has 2 rings (SSSR count). The SMILES string of the molecule is CCN(CC)C(=O)c1ccc(N2CCCCC2=O)cc1. The van der Waals surface area contributed by atoms with Gasteiger partial charge in [0, 0.05) is 37.3 Å². The largest absolute Gasteiger partial charge is 0.339 e. The van der Waals surface area contributed by atoms with Crippen LogP contribution in [0.1, 0.15) is 43.5 Å². The highest BCUT2D eigenvalue weighted by molar-refractivity contribution is 5.96. The minimum absolute atomic E-state index is 0.0477. The van der Waals surface area contributed by atoms with Crippen LogP contribution in [0.4, 0.5) is 5.69 Å². The Morgan fingerprint density at radius 3 is 2.35 bits per heavy atom. The maximum atomic E-state index is 12.2. The zero-order valence-corrected chi connectivity index (χ0v) is 12.3. The lowest BCUT2D eigenvalue weighted by Crippen LogP contribution is -2.35. The summed E-state index contributed by atoms with van der Waals surface area (Å²) in [6.07, 6.45) is 2.65. The number of hydrogen-bond acceptors (Lipinski definition) is 2. The monoisotopic (exact) mass is 274 g/mol. The van der Waals surface area contributed by atoms with E-state index in [0.717, 1.165) is 25.1 Å². The van der Waals surface area contributed by atoms with E-state index in [1.54, 1.807) is 4.90 Å². The molecule has 1 aromatic carbocycles. The van der Waals surface area contributed by atoms with Crippen molar-refractivity contribution < 1.29 is 9.59 Å². The van der Waals surface area contributed by atoms with Gasteiger partial charge in [0.2, 0.25) is 5.91 Å². The summed E-state index contributed by atoms with van der Waals surface area (Å²) in [5.41, 5.74) is 1.58. The molecule has 1 heterocycles. The summed E-state index contributed by atoms with van der Waals surface area (Å²) in [5.74, 6) is 0.227. The van der Waals surface area contributed by atoms with Crippen LogP contribution in [0.2, 0.25) is 0 Å². The van der Waals surface area contributed by atoms with Crippen molar-refractivity contribution in [2.75, 3.05) is 24.5 Å². The van der Waals surface area contributed by atoms with Crippen LogP contribution < -0.4 is 4.90 Å². The van der Waals surface area contributed by atoms with E-state index in [4.69, 9.17) is 0 Å². The summed E-state index contributed by atoms with van der Waals surface area (Å²) < 4.78 is 0. The zero-order chi connectivity index (χ0) is 14.5. The average Bonchev–Trinajstić information content (AvgIpc) is 2.49. The number of amides is 2. The second-order valence-electron chi connectivity index (χ2n) is 5.03. The highest BCUT2D eigenvalue weighted by Gasteiger charge is 2.20. The second-order valence-corrected chi connectivity index (χ2v) is 5.03. The standard InChI is InChI=1S/C16H22N2O2/c1-3-17(4-2)16(20)13-8-10-14(11-9-13)18-12-6-5-7-15(18)19/h8-11H,3-7,12H2,1-2H3. The lowest BCUT2D eigenvalue weighted by Gasteiger charge is -2.27. The van der Waals surface area contributed by atoms with Crippen molar-refractivity contribution in [3.63, 3.8) is 0 Å².